The van der Waals surface area contributed by atoms with Gasteiger partial charge in [0.2, 0.25) is 11.8 Å². The van der Waals surface area contributed by atoms with Crippen molar-refractivity contribution in [1.82, 2.24) is 10.3 Å². The van der Waals surface area contributed by atoms with Crippen LogP contribution in [0.25, 0.3) is 0 Å². The van der Waals surface area contributed by atoms with Crippen LogP contribution in [0, 0.1) is 17.8 Å². The Morgan fingerprint density at radius 1 is 1.39 bits per heavy atom. The molecule has 3 aliphatic rings. The molecule has 2 N–H and O–H groups in total. The molecular formula is C17H19N3O2S. The number of anilines is 1. The zero-order valence-corrected chi connectivity index (χ0v) is 13.5. The van der Waals surface area contributed by atoms with Gasteiger partial charge in [0, 0.05) is 23.4 Å². The van der Waals surface area contributed by atoms with Gasteiger partial charge in [-0.25, -0.2) is 0 Å². The summed E-state index contributed by atoms with van der Waals surface area (Å²) in [6.45, 7) is 0. The Bertz CT molecular complexity index is 648. The van der Waals surface area contributed by atoms with Gasteiger partial charge in [0.15, 0.2) is 0 Å². The molecule has 2 amide bonds. The number of rotatable bonds is 2. The summed E-state index contributed by atoms with van der Waals surface area (Å²) in [4.78, 5) is 28.7. The van der Waals surface area contributed by atoms with Crippen molar-refractivity contribution in [1.29, 1.82) is 0 Å². The van der Waals surface area contributed by atoms with Crippen LogP contribution in [0.15, 0.2) is 36.0 Å². The molecule has 2 fully saturated rings. The summed E-state index contributed by atoms with van der Waals surface area (Å²) in [5, 5.41) is 8.49. The minimum atomic E-state index is -0.0485. The van der Waals surface area contributed by atoms with Crippen molar-refractivity contribution in [2.75, 3.05) is 5.32 Å². The summed E-state index contributed by atoms with van der Waals surface area (Å²) >= 11 is 1.78. The van der Waals surface area contributed by atoms with Gasteiger partial charge in [0.25, 0.3) is 0 Å². The standard InChI is InChI=1S/C17H19N3O2S/c21-16(19-11-2-1-6-18-9-11)10-3-4-12-14(8-10)20-17(22)13-5-7-23-15(12)13/h1-2,5-7,9-10,12-15H,3-4,8H2,(H,19,21)(H,20,22). The molecule has 5 atom stereocenters. The highest BCUT2D eigenvalue weighted by molar-refractivity contribution is 8.03. The van der Waals surface area contributed by atoms with Gasteiger partial charge in [0.1, 0.15) is 0 Å². The molecule has 1 aromatic rings. The van der Waals surface area contributed by atoms with Crippen LogP contribution in [0.1, 0.15) is 19.3 Å². The van der Waals surface area contributed by atoms with Gasteiger partial charge in [-0.2, -0.15) is 0 Å². The predicted molar refractivity (Wildman–Crippen MR) is 89.6 cm³/mol. The van der Waals surface area contributed by atoms with E-state index in [0.717, 1.165) is 24.9 Å². The maximum absolute atomic E-state index is 12.5. The molecule has 0 aromatic carbocycles. The van der Waals surface area contributed by atoms with Gasteiger partial charge in [-0.1, -0.05) is 6.08 Å². The Balaban J connectivity index is 1.42. The first kappa shape index (κ1) is 14.8. The Morgan fingerprint density at radius 2 is 2.30 bits per heavy atom. The monoisotopic (exact) mass is 329 g/mol. The summed E-state index contributed by atoms with van der Waals surface area (Å²) in [7, 11) is 0. The molecule has 0 radical (unpaired) electrons. The number of pyridine rings is 1. The number of hydrogen-bond donors (Lipinski definition) is 2. The van der Waals surface area contributed by atoms with E-state index in [4.69, 9.17) is 0 Å². The second-order valence-corrected chi connectivity index (χ2v) is 7.56. The fourth-order valence-electron chi connectivity index (χ4n) is 3.97. The highest BCUT2D eigenvalue weighted by Gasteiger charge is 2.47. The average Bonchev–Trinajstić information content (AvgIpc) is 3.06. The number of amides is 2. The maximum Gasteiger partial charge on any atom is 0.228 e. The van der Waals surface area contributed by atoms with E-state index in [2.05, 4.69) is 21.0 Å². The van der Waals surface area contributed by atoms with Crippen molar-refractivity contribution < 1.29 is 9.59 Å². The van der Waals surface area contributed by atoms with Crippen LogP contribution in [-0.2, 0) is 9.59 Å². The van der Waals surface area contributed by atoms with Crippen LogP contribution < -0.4 is 10.6 Å². The molecule has 1 saturated heterocycles. The number of carbonyl (C=O) groups excluding carboxylic acids is 2. The topological polar surface area (TPSA) is 71.1 Å². The smallest absolute Gasteiger partial charge is 0.228 e. The number of piperidine rings is 1. The van der Waals surface area contributed by atoms with Gasteiger partial charge in [-0.05, 0) is 42.7 Å². The fourth-order valence-corrected chi connectivity index (χ4v) is 5.32. The number of hydrogen-bond acceptors (Lipinski definition) is 4. The first-order valence-corrected chi connectivity index (χ1v) is 9.00. The van der Waals surface area contributed by atoms with Crippen molar-refractivity contribution in [3.8, 4) is 0 Å². The molecule has 23 heavy (non-hydrogen) atoms. The second-order valence-electron chi connectivity index (χ2n) is 6.47. The molecule has 0 bridgehead atoms. The number of thioether (sulfide) groups is 1. The number of nitrogens with zero attached hydrogens (tertiary/aromatic N) is 1. The highest BCUT2D eigenvalue weighted by atomic mass is 32.2. The first-order valence-electron chi connectivity index (χ1n) is 8.06. The van der Waals surface area contributed by atoms with Gasteiger partial charge >= 0.3 is 0 Å². The van der Waals surface area contributed by atoms with Crippen LogP contribution in [0.3, 0.4) is 0 Å². The summed E-state index contributed by atoms with van der Waals surface area (Å²) < 4.78 is 0. The molecule has 4 rings (SSSR count). The quantitative estimate of drug-likeness (QED) is 0.872. The van der Waals surface area contributed by atoms with Gasteiger partial charge in [0.05, 0.1) is 17.8 Å². The van der Waals surface area contributed by atoms with Crippen LogP contribution in [0.4, 0.5) is 5.69 Å². The van der Waals surface area contributed by atoms with E-state index in [-0.39, 0.29) is 29.7 Å². The van der Waals surface area contributed by atoms with E-state index in [1.54, 1.807) is 30.2 Å². The van der Waals surface area contributed by atoms with E-state index in [1.807, 2.05) is 12.1 Å². The maximum atomic E-state index is 12.5. The number of nitrogens with one attached hydrogen (secondary N) is 2. The Kier molecular flexibility index (Phi) is 3.85. The largest absolute Gasteiger partial charge is 0.352 e. The lowest BCUT2D eigenvalue weighted by Gasteiger charge is -2.44. The third kappa shape index (κ3) is 2.76. The predicted octanol–water partition coefficient (Wildman–Crippen LogP) is 2.18. The Morgan fingerprint density at radius 3 is 3.13 bits per heavy atom. The lowest BCUT2D eigenvalue weighted by molar-refractivity contribution is -0.130. The third-order valence-electron chi connectivity index (χ3n) is 5.13. The summed E-state index contributed by atoms with van der Waals surface area (Å²) in [6.07, 6.45) is 7.95. The van der Waals surface area contributed by atoms with E-state index in [1.165, 1.54) is 0 Å². The van der Waals surface area contributed by atoms with E-state index >= 15 is 0 Å². The second kappa shape index (κ2) is 6.00. The lowest BCUT2D eigenvalue weighted by Crippen LogP contribution is -2.57. The molecule has 1 saturated carbocycles. The Labute approximate surface area is 139 Å². The van der Waals surface area contributed by atoms with Crippen molar-refractivity contribution in [3.05, 3.63) is 36.0 Å². The molecule has 6 heteroatoms. The summed E-state index contributed by atoms with van der Waals surface area (Å²) in [5.41, 5.74) is 0.725. The van der Waals surface area contributed by atoms with Gasteiger partial charge in [-0.15, -0.1) is 11.8 Å². The van der Waals surface area contributed by atoms with Crippen LogP contribution in [0.2, 0.25) is 0 Å². The van der Waals surface area contributed by atoms with Crippen molar-refractivity contribution in [3.63, 3.8) is 0 Å². The zero-order valence-electron chi connectivity index (χ0n) is 12.6. The molecule has 120 valence electrons. The molecule has 3 heterocycles. The Hall–Kier alpha value is -1.82. The number of carbonyl (C=O) groups is 2. The number of aromatic nitrogens is 1. The molecule has 5 unspecified atom stereocenters. The van der Waals surface area contributed by atoms with Crippen molar-refractivity contribution in [2.24, 2.45) is 17.8 Å². The first-order chi connectivity index (χ1) is 11.2. The van der Waals surface area contributed by atoms with Crippen molar-refractivity contribution >= 4 is 29.3 Å². The van der Waals surface area contributed by atoms with E-state index in [0.29, 0.717) is 11.2 Å². The van der Waals surface area contributed by atoms with Crippen molar-refractivity contribution in [2.45, 2.75) is 30.6 Å². The molecule has 1 aromatic heterocycles. The molecule has 5 nitrogen and oxygen atoms in total. The average molecular weight is 329 g/mol. The van der Waals surface area contributed by atoms with Crippen LogP contribution >= 0.6 is 11.8 Å². The minimum absolute atomic E-state index is 0.0158. The molecule has 2 aliphatic heterocycles. The van der Waals surface area contributed by atoms with Gasteiger partial charge in [-0.3, -0.25) is 14.6 Å². The van der Waals surface area contributed by atoms with Gasteiger partial charge < -0.3 is 10.6 Å². The van der Waals surface area contributed by atoms with Crippen LogP contribution in [-0.4, -0.2) is 28.1 Å². The normalized spacial score (nSPS) is 35.1. The fraction of sp³-hybridized carbons (Fsp3) is 0.471. The van der Waals surface area contributed by atoms with E-state index in [9.17, 15) is 9.59 Å². The van der Waals surface area contributed by atoms with E-state index < -0.39 is 0 Å². The number of fused-ring (bicyclic) bond motifs is 3. The lowest BCUT2D eigenvalue weighted by atomic mass is 9.71. The summed E-state index contributed by atoms with van der Waals surface area (Å²) in [6, 6.07) is 3.76. The summed E-state index contributed by atoms with van der Waals surface area (Å²) in [5.74, 6) is 0.589. The molecule has 0 spiro atoms. The molecular weight excluding hydrogens is 310 g/mol. The third-order valence-corrected chi connectivity index (χ3v) is 6.40. The van der Waals surface area contributed by atoms with Crippen LogP contribution in [0.5, 0.6) is 0 Å². The SMILES string of the molecule is O=C(Nc1cccnc1)C1CCC2C(C1)NC(=O)C1C=CSC12. The zero-order chi connectivity index (χ0) is 15.8. The highest BCUT2D eigenvalue weighted by Crippen LogP contribution is 2.45. The molecule has 1 aliphatic carbocycles. The minimum Gasteiger partial charge on any atom is -0.352 e.